The molecular weight excluding hydrogens is 186 g/mol. The lowest BCUT2D eigenvalue weighted by Gasteiger charge is -2.11. The zero-order valence-electron chi connectivity index (χ0n) is 9.44. The van der Waals surface area contributed by atoms with Crippen molar-refractivity contribution in [3.05, 3.63) is 36.0 Å². The minimum absolute atomic E-state index is 0.406. The lowest BCUT2D eigenvalue weighted by Crippen LogP contribution is -1.98. The van der Waals surface area contributed by atoms with Gasteiger partial charge in [-0.3, -0.25) is 0 Å². The quantitative estimate of drug-likeness (QED) is 0.796. The Balaban J connectivity index is 2.69. The molecule has 1 N–H and O–H groups in total. The first kappa shape index (κ1) is 10.2. The van der Waals surface area contributed by atoms with E-state index in [1.165, 1.54) is 5.52 Å². The number of aliphatic hydroxyl groups excluding tert-OH is 1. The first-order chi connectivity index (χ1) is 7.11. The minimum atomic E-state index is -0.406. The summed E-state index contributed by atoms with van der Waals surface area (Å²) in [7, 11) is 0. The summed E-state index contributed by atoms with van der Waals surface area (Å²) in [6.07, 6.45) is 1.68. The van der Waals surface area contributed by atoms with Gasteiger partial charge in [-0.2, -0.15) is 0 Å². The van der Waals surface area contributed by atoms with Crippen molar-refractivity contribution in [3.63, 3.8) is 0 Å². The van der Waals surface area contributed by atoms with Crippen molar-refractivity contribution in [2.24, 2.45) is 0 Å². The van der Waals surface area contributed by atoms with Gasteiger partial charge in [0.25, 0.3) is 0 Å². The van der Waals surface area contributed by atoms with Crippen molar-refractivity contribution >= 4 is 10.9 Å². The average molecular weight is 203 g/mol. The van der Waals surface area contributed by atoms with E-state index in [2.05, 4.69) is 36.7 Å². The average Bonchev–Trinajstić information content (AvgIpc) is 2.59. The molecule has 0 aliphatic heterocycles. The van der Waals surface area contributed by atoms with Crippen molar-refractivity contribution in [1.29, 1.82) is 0 Å². The van der Waals surface area contributed by atoms with Crippen LogP contribution in [0.2, 0.25) is 0 Å². The highest BCUT2D eigenvalue weighted by molar-refractivity contribution is 5.84. The van der Waals surface area contributed by atoms with E-state index in [-0.39, 0.29) is 0 Å². The van der Waals surface area contributed by atoms with Crippen LogP contribution in [0.4, 0.5) is 0 Å². The van der Waals surface area contributed by atoms with E-state index in [0.717, 1.165) is 10.9 Å². The molecule has 0 fully saturated rings. The van der Waals surface area contributed by atoms with Gasteiger partial charge in [-0.1, -0.05) is 12.1 Å². The van der Waals surface area contributed by atoms with Crippen LogP contribution in [0.15, 0.2) is 30.5 Å². The summed E-state index contributed by atoms with van der Waals surface area (Å²) in [5.74, 6) is 0. The highest BCUT2D eigenvalue weighted by Crippen LogP contribution is 2.26. The fourth-order valence-corrected chi connectivity index (χ4v) is 2.03. The van der Waals surface area contributed by atoms with Crippen molar-refractivity contribution < 1.29 is 5.11 Å². The fraction of sp³-hybridized carbons (Fsp3) is 0.385. The van der Waals surface area contributed by atoms with Gasteiger partial charge in [0.1, 0.15) is 0 Å². The summed E-state index contributed by atoms with van der Waals surface area (Å²) in [5.41, 5.74) is 2.20. The molecule has 0 bridgehead atoms. The zero-order chi connectivity index (χ0) is 11.0. The molecule has 0 aliphatic rings. The number of aromatic nitrogens is 1. The second-order valence-corrected chi connectivity index (χ2v) is 4.27. The van der Waals surface area contributed by atoms with Crippen molar-refractivity contribution in [3.8, 4) is 0 Å². The Morgan fingerprint density at radius 1 is 1.13 bits per heavy atom. The van der Waals surface area contributed by atoms with Gasteiger partial charge < -0.3 is 9.67 Å². The smallest absolute Gasteiger partial charge is 0.0768 e. The highest BCUT2D eigenvalue weighted by Gasteiger charge is 2.09. The molecule has 1 aromatic heterocycles. The van der Waals surface area contributed by atoms with E-state index in [0.29, 0.717) is 6.04 Å². The van der Waals surface area contributed by atoms with Crippen LogP contribution in [0.25, 0.3) is 10.9 Å². The first-order valence-corrected chi connectivity index (χ1v) is 5.38. The number of benzene rings is 1. The van der Waals surface area contributed by atoms with Crippen LogP contribution < -0.4 is 0 Å². The summed E-state index contributed by atoms with van der Waals surface area (Å²) < 4.78 is 2.22. The number of rotatable bonds is 2. The van der Waals surface area contributed by atoms with Gasteiger partial charge in [0.05, 0.1) is 6.10 Å². The van der Waals surface area contributed by atoms with Crippen LogP contribution in [0.3, 0.4) is 0 Å². The van der Waals surface area contributed by atoms with Crippen LogP contribution in [0.1, 0.15) is 38.5 Å². The summed E-state index contributed by atoms with van der Waals surface area (Å²) in [5, 5.41) is 10.8. The molecule has 2 nitrogen and oxygen atoms in total. The summed E-state index contributed by atoms with van der Waals surface area (Å²) in [6, 6.07) is 8.62. The third-order valence-corrected chi connectivity index (χ3v) is 2.80. The maximum atomic E-state index is 9.66. The Morgan fingerprint density at radius 3 is 2.47 bits per heavy atom. The molecule has 2 rings (SSSR count). The molecule has 2 heteroatoms. The maximum absolute atomic E-state index is 9.66. The third kappa shape index (κ3) is 1.65. The molecule has 80 valence electrons. The van der Waals surface area contributed by atoms with Crippen molar-refractivity contribution in [2.75, 3.05) is 0 Å². The maximum Gasteiger partial charge on any atom is 0.0768 e. The predicted molar refractivity (Wildman–Crippen MR) is 63.0 cm³/mol. The normalized spacial score (nSPS) is 13.7. The Bertz CT molecular complexity index is 468. The van der Waals surface area contributed by atoms with E-state index < -0.39 is 6.10 Å². The molecule has 1 unspecified atom stereocenters. The van der Waals surface area contributed by atoms with Crippen molar-refractivity contribution in [1.82, 2.24) is 4.57 Å². The van der Waals surface area contributed by atoms with Gasteiger partial charge in [-0.25, -0.2) is 0 Å². The zero-order valence-corrected chi connectivity index (χ0v) is 9.44. The summed E-state index contributed by atoms with van der Waals surface area (Å²) >= 11 is 0. The molecule has 1 heterocycles. The summed E-state index contributed by atoms with van der Waals surface area (Å²) in [6.45, 7) is 6.13. The van der Waals surface area contributed by atoms with Crippen LogP contribution in [0, 0.1) is 0 Å². The van der Waals surface area contributed by atoms with E-state index in [1.54, 1.807) is 0 Å². The first-order valence-electron chi connectivity index (χ1n) is 5.38. The molecule has 0 aliphatic carbocycles. The Labute approximate surface area is 90.2 Å². The minimum Gasteiger partial charge on any atom is -0.389 e. The largest absolute Gasteiger partial charge is 0.389 e. The Kier molecular flexibility index (Phi) is 2.53. The van der Waals surface area contributed by atoms with Gasteiger partial charge in [-0.05, 0) is 38.5 Å². The van der Waals surface area contributed by atoms with Gasteiger partial charge in [-0.15, -0.1) is 0 Å². The second-order valence-electron chi connectivity index (χ2n) is 4.27. The van der Waals surface area contributed by atoms with E-state index in [4.69, 9.17) is 0 Å². The summed E-state index contributed by atoms with van der Waals surface area (Å²) in [4.78, 5) is 0. The number of nitrogens with zero attached hydrogens (tertiary/aromatic N) is 1. The van der Waals surface area contributed by atoms with Crippen LogP contribution in [-0.4, -0.2) is 9.67 Å². The SMILES string of the molecule is CC(O)c1cccc2c1ccn2C(C)C. The molecule has 1 atom stereocenters. The van der Waals surface area contributed by atoms with E-state index in [9.17, 15) is 5.11 Å². The molecule has 0 saturated heterocycles. The van der Waals surface area contributed by atoms with Crippen molar-refractivity contribution in [2.45, 2.75) is 32.9 Å². The molecule has 2 aromatic rings. The van der Waals surface area contributed by atoms with Gasteiger partial charge in [0.15, 0.2) is 0 Å². The number of hydrogen-bond donors (Lipinski definition) is 1. The van der Waals surface area contributed by atoms with E-state index >= 15 is 0 Å². The molecule has 0 radical (unpaired) electrons. The standard InChI is InChI=1S/C13H17NO/c1-9(2)14-8-7-12-11(10(3)15)5-4-6-13(12)14/h4-10,15H,1-3H3. The van der Waals surface area contributed by atoms with Crippen LogP contribution in [-0.2, 0) is 0 Å². The molecule has 15 heavy (non-hydrogen) atoms. The second kappa shape index (κ2) is 3.70. The highest BCUT2D eigenvalue weighted by atomic mass is 16.3. The van der Waals surface area contributed by atoms with Crippen LogP contribution in [0.5, 0.6) is 0 Å². The number of fused-ring (bicyclic) bond motifs is 1. The monoisotopic (exact) mass is 203 g/mol. The van der Waals surface area contributed by atoms with Gasteiger partial charge in [0.2, 0.25) is 0 Å². The van der Waals surface area contributed by atoms with Crippen LogP contribution >= 0.6 is 0 Å². The lowest BCUT2D eigenvalue weighted by molar-refractivity contribution is 0.201. The van der Waals surface area contributed by atoms with Gasteiger partial charge >= 0.3 is 0 Å². The lowest BCUT2D eigenvalue weighted by atomic mass is 10.1. The third-order valence-electron chi connectivity index (χ3n) is 2.80. The molecule has 0 spiro atoms. The molecular formula is C13H17NO. The topological polar surface area (TPSA) is 25.2 Å². The number of aliphatic hydroxyl groups is 1. The predicted octanol–water partition coefficient (Wildman–Crippen LogP) is 3.28. The molecule has 0 saturated carbocycles. The fourth-order valence-electron chi connectivity index (χ4n) is 2.03. The molecule has 1 aromatic carbocycles. The van der Waals surface area contributed by atoms with E-state index in [1.807, 2.05) is 19.1 Å². The van der Waals surface area contributed by atoms with Gasteiger partial charge in [0, 0.05) is 23.1 Å². The molecule has 0 amide bonds. The number of hydrogen-bond acceptors (Lipinski definition) is 1. The Hall–Kier alpha value is -1.28. The Morgan fingerprint density at radius 2 is 1.87 bits per heavy atom.